The molecular weight excluding hydrogens is 196 g/mol. The van der Waals surface area contributed by atoms with E-state index in [1.165, 1.54) is 16.3 Å². The zero-order chi connectivity index (χ0) is 9.26. The minimum atomic E-state index is -0.965. The smallest absolute Gasteiger partial charge is 0.157 e. The minimum Gasteiger partial charge on any atom is -0.157 e. The summed E-state index contributed by atoms with van der Waals surface area (Å²) in [6, 6.07) is 6.46. The third kappa shape index (κ3) is 1.62. The highest BCUT2D eigenvalue weighted by Crippen LogP contribution is 2.21. The molecule has 0 fully saturated rings. The first kappa shape index (κ1) is 8.79. The first-order chi connectivity index (χ1) is 6.31. The van der Waals surface area contributed by atoms with E-state index < -0.39 is 8.11 Å². The molecule has 1 aliphatic carbocycles. The van der Waals surface area contributed by atoms with Gasteiger partial charge in [0.05, 0.1) is 0 Å². The van der Waals surface area contributed by atoms with Gasteiger partial charge in [-0.2, -0.15) is 11.1 Å². The molecule has 0 N–H and O–H groups in total. The van der Waals surface area contributed by atoms with E-state index in [-0.39, 0.29) is 0 Å². The Balaban J connectivity index is 2.28. The van der Waals surface area contributed by atoms with E-state index in [1.54, 1.807) is 0 Å². The number of rotatable bonds is 2. The van der Waals surface area contributed by atoms with Gasteiger partial charge in [0.25, 0.3) is 0 Å². The Morgan fingerprint density at radius 1 is 1.23 bits per heavy atom. The van der Waals surface area contributed by atoms with E-state index in [0.717, 1.165) is 0 Å². The lowest BCUT2D eigenvalue weighted by atomic mass is 9.98. The first-order valence-electron chi connectivity index (χ1n) is 4.29. The van der Waals surface area contributed by atoms with Crippen LogP contribution in [0.15, 0.2) is 30.0 Å². The molecule has 0 heterocycles. The fourth-order valence-electron chi connectivity index (χ4n) is 1.35. The Morgan fingerprint density at radius 2 is 2.00 bits per heavy atom. The van der Waals surface area contributed by atoms with Crippen LogP contribution in [0.25, 0.3) is 12.2 Å². The van der Waals surface area contributed by atoms with Gasteiger partial charge in [0.1, 0.15) is 0 Å². The molecule has 0 aliphatic heterocycles. The lowest BCUT2D eigenvalue weighted by molar-refractivity contribution is 1.61. The van der Waals surface area contributed by atoms with E-state index in [2.05, 4.69) is 36.1 Å². The molecule has 2 rings (SSSR count). The van der Waals surface area contributed by atoms with Crippen LogP contribution < -0.4 is 5.19 Å². The molecule has 2 heteroatoms. The number of fused-ring (bicyclic) bond motifs is 1. The van der Waals surface area contributed by atoms with Crippen molar-refractivity contribution in [2.24, 2.45) is 0 Å². The van der Waals surface area contributed by atoms with Crippen LogP contribution in [-0.2, 0) is 0 Å². The van der Waals surface area contributed by atoms with Crippen LogP contribution in [0.2, 0.25) is 0 Å². The molecule has 0 nitrogen and oxygen atoms in total. The van der Waals surface area contributed by atoms with E-state index >= 15 is 0 Å². The van der Waals surface area contributed by atoms with Gasteiger partial charge in [0.2, 0.25) is 8.11 Å². The van der Waals surface area contributed by atoms with Crippen molar-refractivity contribution in [1.29, 1.82) is 0 Å². The Morgan fingerprint density at radius 3 is 2.54 bits per heavy atom. The summed E-state index contributed by atoms with van der Waals surface area (Å²) in [6.45, 7) is 2.01. The fourth-order valence-corrected chi connectivity index (χ4v) is 3.10. The molecule has 0 aromatic heterocycles. The minimum absolute atomic E-state index is 0.965. The van der Waals surface area contributed by atoms with Crippen molar-refractivity contribution in [3.63, 3.8) is 0 Å². The zero-order valence-electron chi connectivity index (χ0n) is 7.42. The third-order valence-electron chi connectivity index (χ3n) is 2.12. The van der Waals surface area contributed by atoms with Crippen LogP contribution in [0.3, 0.4) is 0 Å². The molecule has 1 radical (unpaired) electrons. The van der Waals surface area contributed by atoms with Crippen LogP contribution in [0.4, 0.5) is 0 Å². The SMILES string of the molecule is CC=C[Si](Cl)c1ccc2c(c1)C=C2. The average molecular weight is 206 g/mol. The molecule has 0 unspecified atom stereocenters. The number of allylic oxidation sites excluding steroid dienone is 1. The van der Waals surface area contributed by atoms with Gasteiger partial charge < -0.3 is 0 Å². The van der Waals surface area contributed by atoms with Crippen LogP contribution in [0.1, 0.15) is 18.1 Å². The fraction of sp³-hybridized carbons (Fsp3) is 0.0909. The monoisotopic (exact) mass is 205 g/mol. The summed E-state index contributed by atoms with van der Waals surface area (Å²) in [6.07, 6.45) is 6.27. The Labute approximate surface area is 84.9 Å². The Kier molecular flexibility index (Phi) is 2.38. The highest BCUT2D eigenvalue weighted by Gasteiger charge is 2.11. The maximum absolute atomic E-state index is 6.25. The molecule has 0 bridgehead atoms. The lowest BCUT2D eigenvalue weighted by Crippen LogP contribution is -2.22. The van der Waals surface area contributed by atoms with Crippen molar-refractivity contribution in [1.82, 2.24) is 0 Å². The summed E-state index contributed by atoms with van der Waals surface area (Å²) < 4.78 is 0. The van der Waals surface area contributed by atoms with Crippen LogP contribution >= 0.6 is 11.1 Å². The van der Waals surface area contributed by atoms with Crippen molar-refractivity contribution in [3.05, 3.63) is 41.1 Å². The maximum Gasteiger partial charge on any atom is 0.226 e. The van der Waals surface area contributed by atoms with Gasteiger partial charge in [-0.1, -0.05) is 42.1 Å². The van der Waals surface area contributed by atoms with Gasteiger partial charge in [0, 0.05) is 0 Å². The Bertz CT molecular complexity index is 380. The van der Waals surface area contributed by atoms with E-state index in [0.29, 0.717) is 0 Å². The molecule has 0 atom stereocenters. The first-order valence-corrected chi connectivity index (χ1v) is 6.88. The van der Waals surface area contributed by atoms with E-state index in [4.69, 9.17) is 11.1 Å². The normalized spacial score (nSPS) is 13.5. The van der Waals surface area contributed by atoms with Crippen molar-refractivity contribution in [3.8, 4) is 0 Å². The molecular formula is C11H10ClSi. The maximum atomic E-state index is 6.25. The van der Waals surface area contributed by atoms with Crippen LogP contribution in [-0.4, -0.2) is 8.11 Å². The third-order valence-corrected chi connectivity index (χ3v) is 4.64. The van der Waals surface area contributed by atoms with Crippen molar-refractivity contribution in [2.75, 3.05) is 0 Å². The number of hydrogen-bond donors (Lipinski definition) is 0. The molecule has 65 valence electrons. The number of halogens is 1. The van der Waals surface area contributed by atoms with Gasteiger partial charge in [-0.3, -0.25) is 0 Å². The molecule has 1 aliphatic rings. The lowest BCUT2D eigenvalue weighted by Gasteiger charge is -2.12. The molecule has 0 saturated heterocycles. The summed E-state index contributed by atoms with van der Waals surface area (Å²) >= 11 is 6.25. The van der Waals surface area contributed by atoms with Gasteiger partial charge >= 0.3 is 0 Å². The molecule has 1 aromatic rings. The van der Waals surface area contributed by atoms with Crippen LogP contribution in [0, 0.1) is 0 Å². The molecule has 13 heavy (non-hydrogen) atoms. The topological polar surface area (TPSA) is 0 Å². The predicted octanol–water partition coefficient (Wildman–Crippen LogP) is 2.72. The second-order valence-corrected chi connectivity index (χ2v) is 5.85. The standard InChI is InChI=1S/C11H10ClSi/c1-2-7-13(12)11-6-5-9-3-4-10(9)8-11/h2-8H,1H3. The zero-order valence-corrected chi connectivity index (χ0v) is 9.18. The molecule has 0 spiro atoms. The van der Waals surface area contributed by atoms with Crippen molar-refractivity contribution in [2.45, 2.75) is 6.92 Å². The highest BCUT2D eigenvalue weighted by atomic mass is 35.6. The summed E-state index contributed by atoms with van der Waals surface area (Å²) in [4.78, 5) is 0. The van der Waals surface area contributed by atoms with Crippen LogP contribution in [0.5, 0.6) is 0 Å². The Hall–Kier alpha value is -0.793. The van der Waals surface area contributed by atoms with Gasteiger partial charge in [0.15, 0.2) is 0 Å². The number of hydrogen-bond acceptors (Lipinski definition) is 0. The average Bonchev–Trinajstić information content (AvgIpc) is 2.07. The van der Waals surface area contributed by atoms with Gasteiger partial charge in [-0.05, 0) is 23.2 Å². The molecule has 0 amide bonds. The predicted molar refractivity (Wildman–Crippen MR) is 61.4 cm³/mol. The summed E-state index contributed by atoms with van der Waals surface area (Å²) in [7, 11) is -0.965. The largest absolute Gasteiger partial charge is 0.226 e. The number of benzene rings is 1. The van der Waals surface area contributed by atoms with E-state index in [1.807, 2.05) is 13.0 Å². The molecule has 1 aromatic carbocycles. The quantitative estimate of drug-likeness (QED) is 0.523. The van der Waals surface area contributed by atoms with Gasteiger partial charge in [-0.15, -0.1) is 0 Å². The van der Waals surface area contributed by atoms with Gasteiger partial charge in [-0.25, -0.2) is 0 Å². The van der Waals surface area contributed by atoms with E-state index in [9.17, 15) is 0 Å². The van der Waals surface area contributed by atoms with Crippen molar-refractivity contribution >= 4 is 36.5 Å². The highest BCUT2D eigenvalue weighted by molar-refractivity contribution is 7.17. The second kappa shape index (κ2) is 3.52. The molecule has 0 saturated carbocycles. The van der Waals surface area contributed by atoms with Crippen molar-refractivity contribution < 1.29 is 0 Å². The summed E-state index contributed by atoms with van der Waals surface area (Å²) in [5, 5.41) is 1.27. The summed E-state index contributed by atoms with van der Waals surface area (Å²) in [5.74, 6) is 0. The second-order valence-electron chi connectivity index (χ2n) is 3.02. The summed E-state index contributed by atoms with van der Waals surface area (Å²) in [5.41, 5.74) is 4.75.